The molecule has 0 aromatic carbocycles. The lowest BCUT2D eigenvalue weighted by Gasteiger charge is -2.13. The zero-order valence-corrected chi connectivity index (χ0v) is 10.9. The number of methoxy groups -OCH3 is 1. The molecule has 1 aromatic rings. The van der Waals surface area contributed by atoms with Crippen molar-refractivity contribution in [3.05, 3.63) is 28.7 Å². The van der Waals surface area contributed by atoms with E-state index in [9.17, 15) is 4.79 Å². The summed E-state index contributed by atoms with van der Waals surface area (Å²) in [5.41, 5.74) is 1.04. The van der Waals surface area contributed by atoms with Gasteiger partial charge in [0.25, 0.3) is 5.56 Å². The first-order valence-electron chi connectivity index (χ1n) is 6.10. The maximum absolute atomic E-state index is 11.5. The standard InChI is InChI=1S/C13H22N2O2/c1-4-7-15-9-12(5-6-13(15)16)14-8-11(2)10-17-3/h5-6,9,11,14H,4,7-8,10H2,1-3H3. The largest absolute Gasteiger partial charge is 0.384 e. The van der Waals surface area contributed by atoms with Gasteiger partial charge >= 0.3 is 0 Å². The monoisotopic (exact) mass is 238 g/mol. The summed E-state index contributed by atoms with van der Waals surface area (Å²) in [5, 5.41) is 3.32. The van der Waals surface area contributed by atoms with Gasteiger partial charge in [0.15, 0.2) is 0 Å². The Morgan fingerprint density at radius 2 is 2.24 bits per heavy atom. The van der Waals surface area contributed by atoms with Crippen LogP contribution in [0.25, 0.3) is 0 Å². The number of ether oxygens (including phenoxy) is 1. The van der Waals surface area contributed by atoms with Crippen LogP contribution >= 0.6 is 0 Å². The van der Waals surface area contributed by atoms with Crippen LogP contribution in [0.1, 0.15) is 20.3 Å². The zero-order valence-electron chi connectivity index (χ0n) is 10.9. The molecule has 0 saturated heterocycles. The molecule has 0 aliphatic heterocycles. The van der Waals surface area contributed by atoms with Gasteiger partial charge in [-0.1, -0.05) is 13.8 Å². The third-order valence-corrected chi connectivity index (χ3v) is 2.55. The van der Waals surface area contributed by atoms with Gasteiger partial charge in [-0.15, -0.1) is 0 Å². The molecule has 0 bridgehead atoms. The summed E-state index contributed by atoms with van der Waals surface area (Å²) < 4.78 is 6.82. The van der Waals surface area contributed by atoms with E-state index in [0.717, 1.165) is 31.8 Å². The highest BCUT2D eigenvalue weighted by molar-refractivity contribution is 5.40. The number of aryl methyl sites for hydroxylation is 1. The van der Waals surface area contributed by atoms with Crippen molar-refractivity contribution >= 4 is 5.69 Å². The lowest BCUT2D eigenvalue weighted by atomic mass is 10.2. The third-order valence-electron chi connectivity index (χ3n) is 2.55. The third kappa shape index (κ3) is 4.61. The van der Waals surface area contributed by atoms with E-state index in [0.29, 0.717) is 5.92 Å². The van der Waals surface area contributed by atoms with E-state index < -0.39 is 0 Å². The summed E-state index contributed by atoms with van der Waals surface area (Å²) in [6.07, 6.45) is 2.84. The van der Waals surface area contributed by atoms with Gasteiger partial charge in [0.05, 0.1) is 12.3 Å². The van der Waals surface area contributed by atoms with Gasteiger partial charge in [-0.05, 0) is 18.4 Å². The van der Waals surface area contributed by atoms with Crippen LogP contribution in [0.2, 0.25) is 0 Å². The molecule has 4 heteroatoms. The Balaban J connectivity index is 2.59. The van der Waals surface area contributed by atoms with Crippen molar-refractivity contribution in [1.29, 1.82) is 0 Å². The van der Waals surface area contributed by atoms with E-state index in [2.05, 4.69) is 19.2 Å². The van der Waals surface area contributed by atoms with E-state index in [1.54, 1.807) is 17.7 Å². The van der Waals surface area contributed by atoms with Crippen molar-refractivity contribution in [2.75, 3.05) is 25.6 Å². The summed E-state index contributed by atoms with van der Waals surface area (Å²) in [6, 6.07) is 3.44. The molecule has 1 unspecified atom stereocenters. The molecule has 0 amide bonds. The first kappa shape index (κ1) is 13.8. The molecular formula is C13H22N2O2. The average molecular weight is 238 g/mol. The highest BCUT2D eigenvalue weighted by atomic mass is 16.5. The summed E-state index contributed by atoms with van der Waals surface area (Å²) in [6.45, 7) is 6.54. The molecule has 0 aliphatic carbocycles. The number of aromatic nitrogens is 1. The minimum absolute atomic E-state index is 0.0577. The van der Waals surface area contributed by atoms with E-state index in [-0.39, 0.29) is 5.56 Å². The lowest BCUT2D eigenvalue weighted by molar-refractivity contribution is 0.164. The molecule has 1 rings (SSSR count). The molecule has 1 aromatic heterocycles. The van der Waals surface area contributed by atoms with E-state index in [4.69, 9.17) is 4.74 Å². The Hall–Kier alpha value is -1.29. The Labute approximate surface area is 103 Å². The van der Waals surface area contributed by atoms with Crippen LogP contribution in [0, 0.1) is 5.92 Å². The number of rotatable bonds is 7. The van der Waals surface area contributed by atoms with Gasteiger partial charge in [0, 0.05) is 32.5 Å². The second-order valence-corrected chi connectivity index (χ2v) is 4.39. The van der Waals surface area contributed by atoms with Crippen LogP contribution in [-0.2, 0) is 11.3 Å². The highest BCUT2D eigenvalue weighted by Gasteiger charge is 2.02. The van der Waals surface area contributed by atoms with Gasteiger partial charge in [-0.25, -0.2) is 0 Å². The predicted molar refractivity (Wildman–Crippen MR) is 70.5 cm³/mol. The maximum Gasteiger partial charge on any atom is 0.250 e. The SMILES string of the molecule is CCCn1cc(NCC(C)COC)ccc1=O. The molecule has 96 valence electrons. The molecule has 1 N–H and O–H groups in total. The molecule has 0 radical (unpaired) electrons. The molecule has 1 atom stereocenters. The van der Waals surface area contributed by atoms with Crippen molar-refractivity contribution in [3.63, 3.8) is 0 Å². The number of anilines is 1. The second-order valence-electron chi connectivity index (χ2n) is 4.39. The number of nitrogens with one attached hydrogen (secondary N) is 1. The van der Waals surface area contributed by atoms with Crippen molar-refractivity contribution in [3.8, 4) is 0 Å². The first-order valence-corrected chi connectivity index (χ1v) is 6.10. The van der Waals surface area contributed by atoms with Crippen LogP contribution in [0.3, 0.4) is 0 Å². The van der Waals surface area contributed by atoms with E-state index in [1.807, 2.05) is 12.3 Å². The minimum atomic E-state index is 0.0577. The highest BCUT2D eigenvalue weighted by Crippen LogP contribution is 2.05. The molecular weight excluding hydrogens is 216 g/mol. The fourth-order valence-electron chi connectivity index (χ4n) is 1.69. The van der Waals surface area contributed by atoms with Gasteiger partial charge in [0.1, 0.15) is 0 Å². The van der Waals surface area contributed by atoms with Gasteiger partial charge < -0.3 is 14.6 Å². The lowest BCUT2D eigenvalue weighted by Crippen LogP contribution is -2.20. The molecule has 0 spiro atoms. The van der Waals surface area contributed by atoms with Crippen molar-refractivity contribution in [1.82, 2.24) is 4.57 Å². The summed E-state index contributed by atoms with van der Waals surface area (Å²) in [4.78, 5) is 11.5. The predicted octanol–water partition coefficient (Wildman–Crippen LogP) is 1.95. The molecule has 0 aliphatic rings. The number of nitrogens with zero attached hydrogens (tertiary/aromatic N) is 1. The van der Waals surface area contributed by atoms with Gasteiger partial charge in [-0.2, -0.15) is 0 Å². The van der Waals surface area contributed by atoms with Crippen LogP contribution in [0.4, 0.5) is 5.69 Å². The van der Waals surface area contributed by atoms with Crippen LogP contribution < -0.4 is 10.9 Å². The second kappa shape index (κ2) is 7.12. The van der Waals surface area contributed by atoms with Crippen LogP contribution in [0.15, 0.2) is 23.1 Å². The van der Waals surface area contributed by atoms with Crippen LogP contribution in [0.5, 0.6) is 0 Å². The Morgan fingerprint density at radius 3 is 2.88 bits per heavy atom. The molecule has 4 nitrogen and oxygen atoms in total. The first-order chi connectivity index (χ1) is 8.17. The molecule has 0 fully saturated rings. The Kier molecular flexibility index (Phi) is 5.77. The number of pyridine rings is 1. The topological polar surface area (TPSA) is 43.3 Å². The number of hydrogen-bond acceptors (Lipinski definition) is 3. The maximum atomic E-state index is 11.5. The van der Waals surface area contributed by atoms with Crippen molar-refractivity contribution < 1.29 is 4.74 Å². The van der Waals surface area contributed by atoms with Gasteiger partial charge in [-0.3, -0.25) is 4.79 Å². The normalized spacial score (nSPS) is 12.4. The summed E-state index contributed by atoms with van der Waals surface area (Å²) in [7, 11) is 1.71. The Morgan fingerprint density at radius 1 is 1.47 bits per heavy atom. The van der Waals surface area contributed by atoms with Gasteiger partial charge in [0.2, 0.25) is 0 Å². The quantitative estimate of drug-likeness (QED) is 0.789. The fourth-order valence-corrected chi connectivity index (χ4v) is 1.69. The smallest absolute Gasteiger partial charge is 0.250 e. The zero-order chi connectivity index (χ0) is 12.7. The van der Waals surface area contributed by atoms with Crippen LogP contribution in [-0.4, -0.2) is 24.8 Å². The average Bonchev–Trinajstić information content (AvgIpc) is 2.31. The fraction of sp³-hybridized carbons (Fsp3) is 0.615. The van der Waals surface area contributed by atoms with Crippen molar-refractivity contribution in [2.45, 2.75) is 26.8 Å². The van der Waals surface area contributed by atoms with E-state index in [1.165, 1.54) is 0 Å². The molecule has 1 heterocycles. The van der Waals surface area contributed by atoms with Crippen molar-refractivity contribution in [2.24, 2.45) is 5.92 Å². The Bertz CT molecular complexity index is 387. The summed E-state index contributed by atoms with van der Waals surface area (Å²) >= 11 is 0. The summed E-state index contributed by atoms with van der Waals surface area (Å²) in [5.74, 6) is 0.451. The minimum Gasteiger partial charge on any atom is -0.384 e. The number of hydrogen-bond donors (Lipinski definition) is 1. The molecule has 0 saturated carbocycles. The van der Waals surface area contributed by atoms with E-state index >= 15 is 0 Å². The molecule has 17 heavy (non-hydrogen) atoms.